The third kappa shape index (κ3) is 4.50. The Morgan fingerprint density at radius 1 is 1.24 bits per heavy atom. The maximum atomic E-state index is 11.6. The number of halogens is 1. The van der Waals surface area contributed by atoms with Crippen molar-refractivity contribution in [3.05, 3.63) is 40.6 Å². The zero-order valence-electron chi connectivity index (χ0n) is 11.2. The van der Waals surface area contributed by atoms with Crippen LogP contribution in [-0.2, 0) is 19.1 Å². The van der Waals surface area contributed by atoms with Gasteiger partial charge in [-0.25, -0.2) is 14.4 Å². The van der Waals surface area contributed by atoms with Crippen LogP contribution in [-0.4, -0.2) is 37.2 Å². The number of rotatable bonds is 5. The lowest BCUT2D eigenvalue weighted by molar-refractivity contribution is -0.138. The van der Waals surface area contributed by atoms with Crippen LogP contribution in [0.25, 0.3) is 0 Å². The first-order valence-corrected chi connectivity index (χ1v) is 5.94. The fraction of sp³-hybridized carbons (Fsp3) is 0.154. The van der Waals surface area contributed by atoms with Gasteiger partial charge < -0.3 is 19.9 Å². The Kier molecular flexibility index (Phi) is 5.74. The highest BCUT2D eigenvalue weighted by Gasteiger charge is 2.17. The molecule has 2 N–H and O–H groups in total. The Morgan fingerprint density at radius 2 is 1.90 bits per heavy atom. The number of carboxylic acids is 1. The Balaban J connectivity index is 3.21. The minimum absolute atomic E-state index is 0.0763. The van der Waals surface area contributed by atoms with Crippen LogP contribution in [0.15, 0.2) is 30.0 Å². The lowest BCUT2D eigenvalue weighted by Gasteiger charge is -2.11. The Morgan fingerprint density at radius 3 is 2.43 bits per heavy atom. The molecule has 112 valence electrons. The lowest BCUT2D eigenvalue weighted by Crippen LogP contribution is -2.17. The van der Waals surface area contributed by atoms with Gasteiger partial charge in [0, 0.05) is 5.02 Å². The maximum Gasteiger partial charge on any atom is 0.354 e. The van der Waals surface area contributed by atoms with E-state index < -0.39 is 17.9 Å². The van der Waals surface area contributed by atoms with Gasteiger partial charge in [-0.15, -0.1) is 0 Å². The van der Waals surface area contributed by atoms with Crippen molar-refractivity contribution in [2.45, 2.75) is 0 Å². The van der Waals surface area contributed by atoms with Crippen LogP contribution in [0.3, 0.4) is 0 Å². The molecule has 1 aromatic carbocycles. The van der Waals surface area contributed by atoms with Crippen molar-refractivity contribution in [1.82, 2.24) is 0 Å². The molecule has 0 saturated heterocycles. The van der Waals surface area contributed by atoms with Gasteiger partial charge in [-0.05, 0) is 18.2 Å². The van der Waals surface area contributed by atoms with Crippen molar-refractivity contribution in [2.75, 3.05) is 19.5 Å². The van der Waals surface area contributed by atoms with Gasteiger partial charge in [0.25, 0.3) is 0 Å². The molecule has 0 aliphatic rings. The number of nitrogens with one attached hydrogen (secondary N) is 1. The van der Waals surface area contributed by atoms with Gasteiger partial charge in [0.05, 0.1) is 31.5 Å². The molecule has 0 radical (unpaired) electrons. The van der Waals surface area contributed by atoms with Gasteiger partial charge in [0.15, 0.2) is 0 Å². The second kappa shape index (κ2) is 7.30. The molecule has 0 aliphatic heterocycles. The molecule has 0 spiro atoms. The monoisotopic (exact) mass is 313 g/mol. The van der Waals surface area contributed by atoms with E-state index in [1.54, 1.807) is 0 Å². The lowest BCUT2D eigenvalue weighted by atomic mass is 10.1. The number of anilines is 1. The van der Waals surface area contributed by atoms with E-state index in [9.17, 15) is 14.4 Å². The first-order chi connectivity index (χ1) is 9.88. The van der Waals surface area contributed by atoms with Crippen molar-refractivity contribution in [3.63, 3.8) is 0 Å². The van der Waals surface area contributed by atoms with Crippen molar-refractivity contribution in [2.24, 2.45) is 0 Å². The smallest absolute Gasteiger partial charge is 0.354 e. The summed E-state index contributed by atoms with van der Waals surface area (Å²) >= 11 is 5.72. The molecule has 0 saturated carbocycles. The molecule has 0 bridgehead atoms. The summed E-state index contributed by atoms with van der Waals surface area (Å²) in [6.07, 6.45) is 0.853. The highest BCUT2D eigenvalue weighted by Crippen LogP contribution is 2.22. The molecule has 8 heteroatoms. The molecule has 0 heterocycles. The molecule has 7 nitrogen and oxygen atoms in total. The molecule has 0 fully saturated rings. The predicted molar refractivity (Wildman–Crippen MR) is 74.1 cm³/mol. The van der Waals surface area contributed by atoms with E-state index in [0.717, 1.165) is 20.3 Å². The highest BCUT2D eigenvalue weighted by atomic mass is 35.5. The molecule has 21 heavy (non-hydrogen) atoms. The summed E-state index contributed by atoms with van der Waals surface area (Å²) < 4.78 is 8.91. The van der Waals surface area contributed by atoms with Crippen LogP contribution in [0.1, 0.15) is 10.4 Å². The number of carboxylic acid groups (broad SMARTS) is 1. The van der Waals surface area contributed by atoms with Gasteiger partial charge >= 0.3 is 17.9 Å². The molecule has 0 unspecified atom stereocenters. The third-order valence-electron chi connectivity index (χ3n) is 2.35. The number of benzene rings is 1. The number of carbonyl (C=O) groups excluding carboxylic acids is 2. The Bertz CT molecular complexity index is 611. The fourth-order valence-corrected chi connectivity index (χ4v) is 1.55. The third-order valence-corrected chi connectivity index (χ3v) is 2.59. The summed E-state index contributed by atoms with van der Waals surface area (Å²) in [5, 5.41) is 11.8. The van der Waals surface area contributed by atoms with Crippen molar-refractivity contribution in [1.29, 1.82) is 0 Å². The average Bonchev–Trinajstić information content (AvgIpc) is 2.46. The average molecular weight is 314 g/mol. The summed E-state index contributed by atoms with van der Waals surface area (Å²) in [7, 11) is 2.26. The standard InChI is InChI=1S/C13H12ClNO6/c1-20-11(16)6-10(13(19)21-2)15-9-4-3-7(14)5-8(9)12(17)18/h3-6,15H,1-2H3,(H,17,18)/b10-6+. The minimum Gasteiger partial charge on any atom is -0.478 e. The molecule has 0 aromatic heterocycles. The van der Waals surface area contributed by atoms with Crippen molar-refractivity contribution < 1.29 is 29.0 Å². The molecule has 1 aromatic rings. The number of hydrogen-bond acceptors (Lipinski definition) is 6. The quantitative estimate of drug-likeness (QED) is 0.629. The van der Waals surface area contributed by atoms with Crippen LogP contribution in [0, 0.1) is 0 Å². The largest absolute Gasteiger partial charge is 0.478 e. The van der Waals surface area contributed by atoms with E-state index in [-0.39, 0.29) is 22.0 Å². The van der Waals surface area contributed by atoms with Gasteiger partial charge in [0.1, 0.15) is 5.70 Å². The molecular weight excluding hydrogens is 302 g/mol. The minimum atomic E-state index is -1.25. The highest BCUT2D eigenvalue weighted by molar-refractivity contribution is 6.31. The topological polar surface area (TPSA) is 102 Å². The van der Waals surface area contributed by atoms with Gasteiger partial charge in [-0.2, -0.15) is 0 Å². The number of hydrogen-bond donors (Lipinski definition) is 2. The summed E-state index contributed by atoms with van der Waals surface area (Å²) in [6, 6.07) is 4.00. The molecule has 0 aliphatic carbocycles. The second-order valence-corrected chi connectivity index (χ2v) is 4.13. The number of carbonyl (C=O) groups is 3. The molecule has 1 rings (SSSR count). The van der Waals surface area contributed by atoms with Crippen LogP contribution in [0.4, 0.5) is 5.69 Å². The number of aromatic carboxylic acids is 1. The summed E-state index contributed by atoms with van der Waals surface area (Å²) in [6.45, 7) is 0. The number of ether oxygens (including phenoxy) is 2. The summed E-state index contributed by atoms with van der Waals surface area (Å²) in [5.41, 5.74) is -0.358. The van der Waals surface area contributed by atoms with Crippen LogP contribution >= 0.6 is 11.6 Å². The van der Waals surface area contributed by atoms with E-state index in [2.05, 4.69) is 14.8 Å². The summed E-state index contributed by atoms with van der Waals surface area (Å²) in [5.74, 6) is -2.90. The first-order valence-electron chi connectivity index (χ1n) is 5.57. The second-order valence-electron chi connectivity index (χ2n) is 3.69. The zero-order valence-corrected chi connectivity index (χ0v) is 11.9. The van der Waals surface area contributed by atoms with E-state index in [4.69, 9.17) is 16.7 Å². The van der Waals surface area contributed by atoms with Gasteiger partial charge in [-0.1, -0.05) is 11.6 Å². The van der Waals surface area contributed by atoms with Crippen molar-refractivity contribution in [3.8, 4) is 0 Å². The van der Waals surface area contributed by atoms with Gasteiger partial charge in [0.2, 0.25) is 0 Å². The summed E-state index contributed by atoms with van der Waals surface area (Å²) in [4.78, 5) is 34.0. The number of methoxy groups -OCH3 is 2. The van der Waals surface area contributed by atoms with Crippen LogP contribution in [0.2, 0.25) is 5.02 Å². The normalized spacial score (nSPS) is 10.7. The van der Waals surface area contributed by atoms with E-state index in [0.29, 0.717) is 0 Å². The SMILES string of the molecule is COC(=O)/C=C(/Nc1ccc(Cl)cc1C(=O)O)C(=O)OC. The molecule has 0 atom stereocenters. The van der Waals surface area contributed by atoms with Crippen LogP contribution < -0.4 is 5.32 Å². The maximum absolute atomic E-state index is 11.6. The predicted octanol–water partition coefficient (Wildman–Crippen LogP) is 1.68. The molecule has 0 amide bonds. The van der Waals surface area contributed by atoms with E-state index in [1.807, 2.05) is 0 Å². The molecular formula is C13H12ClNO6. The van der Waals surface area contributed by atoms with E-state index in [1.165, 1.54) is 18.2 Å². The van der Waals surface area contributed by atoms with Gasteiger partial charge in [-0.3, -0.25) is 0 Å². The van der Waals surface area contributed by atoms with Crippen LogP contribution in [0.5, 0.6) is 0 Å². The Labute approximate surface area is 125 Å². The fourth-order valence-electron chi connectivity index (χ4n) is 1.38. The first kappa shape index (κ1) is 16.5. The van der Waals surface area contributed by atoms with E-state index >= 15 is 0 Å². The zero-order chi connectivity index (χ0) is 16.0. The Hall–Kier alpha value is -2.54. The van der Waals surface area contributed by atoms with Crippen molar-refractivity contribution >= 4 is 35.2 Å². The number of esters is 2.